The molecule has 0 saturated carbocycles. The maximum atomic E-state index is 11.7. The second-order valence-electron chi connectivity index (χ2n) is 4.63. The maximum Gasteiger partial charge on any atom is 0.319 e. The van der Waals surface area contributed by atoms with Crippen LogP contribution >= 0.6 is 0 Å². The van der Waals surface area contributed by atoms with Gasteiger partial charge in [-0.1, -0.05) is 0 Å². The number of anilines is 2. The number of nitrogens with zero attached hydrogens (tertiary/aromatic N) is 1. The van der Waals surface area contributed by atoms with Gasteiger partial charge in [-0.2, -0.15) is 0 Å². The molecule has 1 fully saturated rings. The van der Waals surface area contributed by atoms with E-state index >= 15 is 0 Å². The molecule has 1 aromatic rings. The van der Waals surface area contributed by atoms with Gasteiger partial charge in [0, 0.05) is 30.9 Å². The molecule has 1 heterocycles. The molecule has 3 amide bonds. The van der Waals surface area contributed by atoms with E-state index in [1.807, 2.05) is 36.9 Å². The molecule has 1 aromatic carbocycles. The molecular weight excluding hydrogens is 242 g/mol. The van der Waals surface area contributed by atoms with Crippen LogP contribution < -0.4 is 15.5 Å². The number of hydrogen-bond donors (Lipinski definition) is 2. The van der Waals surface area contributed by atoms with E-state index in [-0.39, 0.29) is 11.9 Å². The van der Waals surface area contributed by atoms with Gasteiger partial charge in [-0.15, -0.1) is 0 Å². The summed E-state index contributed by atoms with van der Waals surface area (Å²) in [4.78, 5) is 25.0. The Bertz CT molecular complexity index is 499. The van der Waals surface area contributed by atoms with Gasteiger partial charge in [0.2, 0.25) is 5.91 Å². The zero-order valence-corrected chi connectivity index (χ0v) is 11.3. The van der Waals surface area contributed by atoms with Crippen molar-refractivity contribution >= 4 is 23.3 Å². The van der Waals surface area contributed by atoms with Crippen molar-refractivity contribution in [2.45, 2.75) is 26.7 Å². The van der Waals surface area contributed by atoms with Gasteiger partial charge < -0.3 is 15.5 Å². The molecule has 19 heavy (non-hydrogen) atoms. The van der Waals surface area contributed by atoms with E-state index < -0.39 is 0 Å². The molecule has 5 heteroatoms. The Kier molecular flexibility index (Phi) is 4.04. The van der Waals surface area contributed by atoms with Crippen LogP contribution in [0.25, 0.3) is 0 Å². The van der Waals surface area contributed by atoms with Crippen LogP contribution in [0.1, 0.15) is 25.3 Å². The summed E-state index contributed by atoms with van der Waals surface area (Å²) < 4.78 is 0. The van der Waals surface area contributed by atoms with Crippen LogP contribution in [0.3, 0.4) is 0 Å². The highest BCUT2D eigenvalue weighted by Gasteiger charge is 2.22. The number of benzene rings is 1. The topological polar surface area (TPSA) is 61.4 Å². The summed E-state index contributed by atoms with van der Waals surface area (Å²) in [6, 6.07) is 5.38. The fourth-order valence-corrected chi connectivity index (χ4v) is 2.27. The minimum atomic E-state index is -0.216. The summed E-state index contributed by atoms with van der Waals surface area (Å²) in [5.74, 6) is 0.174. The molecule has 0 spiro atoms. The minimum Gasteiger partial charge on any atom is -0.338 e. The first-order valence-corrected chi connectivity index (χ1v) is 6.57. The van der Waals surface area contributed by atoms with Crippen molar-refractivity contribution in [3.8, 4) is 0 Å². The van der Waals surface area contributed by atoms with E-state index in [1.165, 1.54) is 0 Å². The zero-order valence-electron chi connectivity index (χ0n) is 11.3. The van der Waals surface area contributed by atoms with Crippen LogP contribution in [-0.4, -0.2) is 25.0 Å². The van der Waals surface area contributed by atoms with Gasteiger partial charge in [0.25, 0.3) is 0 Å². The lowest BCUT2D eigenvalue weighted by Gasteiger charge is -2.19. The van der Waals surface area contributed by atoms with Gasteiger partial charge in [-0.3, -0.25) is 4.79 Å². The number of urea groups is 1. The predicted molar refractivity (Wildman–Crippen MR) is 75.5 cm³/mol. The van der Waals surface area contributed by atoms with Crippen LogP contribution in [0, 0.1) is 6.92 Å². The van der Waals surface area contributed by atoms with Crippen molar-refractivity contribution in [3.05, 3.63) is 23.8 Å². The van der Waals surface area contributed by atoms with Crippen LogP contribution in [0.4, 0.5) is 16.2 Å². The van der Waals surface area contributed by atoms with Crippen LogP contribution in [0.2, 0.25) is 0 Å². The number of amides is 3. The van der Waals surface area contributed by atoms with E-state index in [9.17, 15) is 9.59 Å². The first-order chi connectivity index (χ1) is 9.11. The standard InChI is InChI=1S/C14H19N3O2/c1-3-15-14(19)16-11-6-7-12(10(2)9-11)17-8-4-5-13(17)18/h6-7,9H,3-5,8H2,1-2H3,(H2,15,16,19). The van der Waals surface area contributed by atoms with Crippen molar-refractivity contribution in [3.63, 3.8) is 0 Å². The summed E-state index contributed by atoms with van der Waals surface area (Å²) in [7, 11) is 0. The van der Waals surface area contributed by atoms with E-state index in [0.717, 1.165) is 29.9 Å². The molecule has 1 aliphatic heterocycles. The van der Waals surface area contributed by atoms with Crippen LogP contribution in [0.15, 0.2) is 18.2 Å². The van der Waals surface area contributed by atoms with Gasteiger partial charge in [0.1, 0.15) is 0 Å². The summed E-state index contributed by atoms with van der Waals surface area (Å²) in [6.07, 6.45) is 1.54. The third-order valence-corrected chi connectivity index (χ3v) is 3.16. The zero-order chi connectivity index (χ0) is 13.8. The first kappa shape index (κ1) is 13.4. The molecule has 0 atom stereocenters. The Morgan fingerprint density at radius 2 is 2.21 bits per heavy atom. The number of rotatable bonds is 3. The van der Waals surface area contributed by atoms with Gasteiger partial charge in [0.05, 0.1) is 0 Å². The SMILES string of the molecule is CCNC(=O)Nc1ccc(N2CCCC2=O)c(C)c1. The fraction of sp³-hybridized carbons (Fsp3) is 0.429. The van der Waals surface area contributed by atoms with Gasteiger partial charge in [-0.25, -0.2) is 4.79 Å². The number of carbonyl (C=O) groups excluding carboxylic acids is 2. The maximum absolute atomic E-state index is 11.7. The molecule has 0 bridgehead atoms. The minimum absolute atomic E-state index is 0.174. The highest BCUT2D eigenvalue weighted by Crippen LogP contribution is 2.27. The molecule has 0 aromatic heterocycles. The average Bonchev–Trinajstić information content (AvgIpc) is 2.76. The normalized spacial score (nSPS) is 14.6. The number of carbonyl (C=O) groups is 2. The summed E-state index contributed by atoms with van der Waals surface area (Å²) in [6.45, 7) is 5.19. The molecule has 0 radical (unpaired) electrons. The van der Waals surface area contributed by atoms with Gasteiger partial charge in [-0.05, 0) is 44.0 Å². The molecule has 102 valence electrons. The van der Waals surface area contributed by atoms with Crippen LogP contribution in [0.5, 0.6) is 0 Å². The number of nitrogens with one attached hydrogen (secondary N) is 2. The lowest BCUT2D eigenvalue weighted by atomic mass is 10.1. The monoisotopic (exact) mass is 261 g/mol. The first-order valence-electron chi connectivity index (χ1n) is 6.57. The smallest absolute Gasteiger partial charge is 0.319 e. The Balaban J connectivity index is 2.13. The fourth-order valence-electron chi connectivity index (χ4n) is 2.27. The highest BCUT2D eigenvalue weighted by atomic mass is 16.2. The molecule has 0 unspecified atom stereocenters. The van der Waals surface area contributed by atoms with E-state index in [0.29, 0.717) is 13.0 Å². The summed E-state index contributed by atoms with van der Waals surface area (Å²) in [5, 5.41) is 5.43. The Morgan fingerprint density at radius 3 is 2.79 bits per heavy atom. The van der Waals surface area contributed by atoms with Crippen molar-refractivity contribution in [1.29, 1.82) is 0 Å². The highest BCUT2D eigenvalue weighted by molar-refractivity contribution is 5.96. The Labute approximate surface area is 113 Å². The molecular formula is C14H19N3O2. The molecule has 1 saturated heterocycles. The lowest BCUT2D eigenvalue weighted by Crippen LogP contribution is -2.28. The molecule has 0 aliphatic carbocycles. The largest absolute Gasteiger partial charge is 0.338 e. The predicted octanol–water partition coefficient (Wildman–Crippen LogP) is 2.26. The third kappa shape index (κ3) is 3.05. The second-order valence-corrected chi connectivity index (χ2v) is 4.63. The molecule has 2 N–H and O–H groups in total. The third-order valence-electron chi connectivity index (χ3n) is 3.16. The van der Waals surface area contributed by atoms with Crippen LogP contribution in [-0.2, 0) is 4.79 Å². The Morgan fingerprint density at radius 1 is 1.42 bits per heavy atom. The molecule has 2 rings (SSSR count). The number of aryl methyl sites for hydroxylation is 1. The second kappa shape index (κ2) is 5.73. The van der Waals surface area contributed by atoms with Gasteiger partial charge >= 0.3 is 6.03 Å². The van der Waals surface area contributed by atoms with Crippen molar-refractivity contribution in [1.82, 2.24) is 5.32 Å². The average molecular weight is 261 g/mol. The Hall–Kier alpha value is -2.04. The quantitative estimate of drug-likeness (QED) is 0.876. The summed E-state index contributed by atoms with van der Waals surface area (Å²) in [5.41, 5.74) is 2.66. The lowest BCUT2D eigenvalue weighted by molar-refractivity contribution is -0.117. The number of hydrogen-bond acceptors (Lipinski definition) is 2. The van der Waals surface area contributed by atoms with Crippen molar-refractivity contribution in [2.24, 2.45) is 0 Å². The van der Waals surface area contributed by atoms with Gasteiger partial charge in [0.15, 0.2) is 0 Å². The van der Waals surface area contributed by atoms with Crippen molar-refractivity contribution in [2.75, 3.05) is 23.3 Å². The van der Waals surface area contributed by atoms with Crippen molar-refractivity contribution < 1.29 is 9.59 Å². The molecule has 1 aliphatic rings. The summed E-state index contributed by atoms with van der Waals surface area (Å²) >= 11 is 0. The van der Waals surface area contributed by atoms with E-state index in [1.54, 1.807) is 0 Å². The molecule has 5 nitrogen and oxygen atoms in total. The van der Waals surface area contributed by atoms with E-state index in [2.05, 4.69) is 10.6 Å². The van der Waals surface area contributed by atoms with E-state index in [4.69, 9.17) is 0 Å².